The summed E-state index contributed by atoms with van der Waals surface area (Å²) in [4.78, 5) is 40.9. The number of ketones is 1. The third-order valence-corrected chi connectivity index (χ3v) is 6.75. The number of halogens is 5. The second-order valence-corrected chi connectivity index (χ2v) is 10.3. The van der Waals surface area contributed by atoms with Gasteiger partial charge in [-0.2, -0.15) is 13.2 Å². The lowest BCUT2D eigenvalue weighted by atomic mass is 9.72. The van der Waals surface area contributed by atoms with Gasteiger partial charge in [0.05, 0.1) is 22.7 Å². The first kappa shape index (κ1) is 25.3. The summed E-state index contributed by atoms with van der Waals surface area (Å²) >= 11 is 11.9. The van der Waals surface area contributed by atoms with Crippen LogP contribution in [0.2, 0.25) is 10.0 Å². The third kappa shape index (κ3) is 4.34. The first-order chi connectivity index (χ1) is 16.3. The molecule has 0 aromatic heterocycles. The van der Waals surface area contributed by atoms with Crippen LogP contribution in [-0.2, 0) is 16.1 Å². The Balaban J connectivity index is 1.88. The summed E-state index contributed by atoms with van der Waals surface area (Å²) in [6, 6.07) is 12.1. The normalized spacial score (nSPS) is 21.9. The second kappa shape index (κ2) is 8.68. The molecule has 184 valence electrons. The zero-order chi connectivity index (χ0) is 25.8. The van der Waals surface area contributed by atoms with Gasteiger partial charge in [-0.25, -0.2) is 0 Å². The summed E-state index contributed by atoms with van der Waals surface area (Å²) in [6.45, 7) is 3.32. The number of hydrogen-bond acceptors (Lipinski definition) is 3. The van der Waals surface area contributed by atoms with E-state index in [4.69, 9.17) is 23.2 Å². The smallest absolute Gasteiger partial charge is 0.326 e. The summed E-state index contributed by atoms with van der Waals surface area (Å²) in [5.41, 5.74) is -4.70. The molecule has 2 aromatic rings. The maximum Gasteiger partial charge on any atom is 0.425 e. The molecule has 10 heteroatoms. The number of nitrogens with zero attached hydrogens (tertiary/aromatic N) is 1. The minimum atomic E-state index is -5.30. The van der Waals surface area contributed by atoms with Crippen LogP contribution < -0.4 is 5.32 Å². The van der Waals surface area contributed by atoms with Gasteiger partial charge in [-0.15, -0.1) is 0 Å². The van der Waals surface area contributed by atoms with Crippen LogP contribution in [0.5, 0.6) is 0 Å². The highest BCUT2D eigenvalue weighted by Crippen LogP contribution is 2.52. The molecule has 0 fully saturated rings. The van der Waals surface area contributed by atoms with Crippen molar-refractivity contribution >= 4 is 40.8 Å². The predicted molar refractivity (Wildman–Crippen MR) is 125 cm³/mol. The predicted octanol–water partition coefficient (Wildman–Crippen LogP) is 5.71. The highest BCUT2D eigenvalue weighted by molar-refractivity contribution is 6.36. The van der Waals surface area contributed by atoms with Crippen molar-refractivity contribution in [1.82, 2.24) is 10.2 Å². The van der Waals surface area contributed by atoms with Gasteiger partial charge in [0.15, 0.2) is 5.78 Å². The molecule has 0 unspecified atom stereocenters. The maximum atomic E-state index is 14.9. The molecule has 0 bridgehead atoms. The number of allylic oxidation sites excluding steroid dienone is 1. The zero-order valence-electron chi connectivity index (χ0n) is 18.8. The molecule has 2 aromatic carbocycles. The molecule has 1 aliphatic carbocycles. The Morgan fingerprint density at radius 1 is 1.06 bits per heavy atom. The minimum Gasteiger partial charge on any atom is -0.326 e. The average Bonchev–Trinajstić information content (AvgIpc) is 2.96. The third-order valence-electron chi connectivity index (χ3n) is 6.20. The van der Waals surface area contributed by atoms with E-state index in [9.17, 15) is 27.6 Å². The monoisotopic (exact) mass is 524 g/mol. The van der Waals surface area contributed by atoms with Gasteiger partial charge in [0, 0.05) is 17.1 Å². The Bertz CT molecular complexity index is 1260. The maximum absolute atomic E-state index is 14.9. The van der Waals surface area contributed by atoms with Gasteiger partial charge in [0.1, 0.15) is 0 Å². The van der Waals surface area contributed by atoms with Gasteiger partial charge in [0.2, 0.25) is 5.54 Å². The van der Waals surface area contributed by atoms with Gasteiger partial charge in [0.25, 0.3) is 11.8 Å². The van der Waals surface area contributed by atoms with E-state index in [1.54, 1.807) is 44.2 Å². The minimum absolute atomic E-state index is 0.0278. The van der Waals surface area contributed by atoms with Crippen LogP contribution in [0.25, 0.3) is 0 Å². The fraction of sp³-hybridized carbons (Fsp3) is 0.320. The van der Waals surface area contributed by atoms with Crippen LogP contribution in [0.4, 0.5) is 13.2 Å². The van der Waals surface area contributed by atoms with Crippen molar-refractivity contribution in [2.24, 2.45) is 5.41 Å². The van der Waals surface area contributed by atoms with Gasteiger partial charge < -0.3 is 10.2 Å². The number of carbonyl (C=O) groups is 3. The van der Waals surface area contributed by atoms with Crippen molar-refractivity contribution in [3.05, 3.63) is 81.0 Å². The SMILES string of the molecule is CC1(C)CC(=O)C2=C(C1)N(Cc1ccccc1)C(=O)[C@@]2(NC(=O)c1ccc(Cl)cc1Cl)C(F)(F)F. The van der Waals surface area contributed by atoms with Crippen molar-refractivity contribution < 1.29 is 27.6 Å². The molecule has 4 rings (SSSR count). The van der Waals surface area contributed by atoms with Crippen molar-refractivity contribution in [3.63, 3.8) is 0 Å². The van der Waals surface area contributed by atoms with Gasteiger partial charge in [-0.1, -0.05) is 67.4 Å². The molecule has 0 saturated carbocycles. The van der Waals surface area contributed by atoms with Crippen molar-refractivity contribution in [1.29, 1.82) is 0 Å². The van der Waals surface area contributed by atoms with Gasteiger partial charge in [-0.05, 0) is 35.6 Å². The van der Waals surface area contributed by atoms with E-state index in [2.05, 4.69) is 0 Å². The quantitative estimate of drug-likeness (QED) is 0.556. The second-order valence-electron chi connectivity index (χ2n) is 9.47. The van der Waals surface area contributed by atoms with E-state index in [-0.39, 0.29) is 40.7 Å². The Morgan fingerprint density at radius 2 is 1.71 bits per heavy atom. The summed E-state index contributed by atoms with van der Waals surface area (Å²) in [7, 11) is 0. The molecule has 1 heterocycles. The number of benzene rings is 2. The molecule has 1 atom stereocenters. The molecule has 0 spiro atoms. The molecule has 5 nitrogen and oxygen atoms in total. The first-order valence-electron chi connectivity index (χ1n) is 10.7. The highest BCUT2D eigenvalue weighted by atomic mass is 35.5. The zero-order valence-corrected chi connectivity index (χ0v) is 20.3. The van der Waals surface area contributed by atoms with Gasteiger partial charge in [-0.3, -0.25) is 14.4 Å². The fourth-order valence-corrected chi connectivity index (χ4v) is 5.16. The number of carbonyl (C=O) groups excluding carboxylic acids is 3. The van der Waals surface area contributed by atoms with Crippen LogP contribution >= 0.6 is 23.2 Å². The van der Waals surface area contributed by atoms with E-state index < -0.39 is 40.3 Å². The topological polar surface area (TPSA) is 66.5 Å². The molecule has 0 saturated heterocycles. The fourth-order valence-electron chi connectivity index (χ4n) is 4.67. The van der Waals surface area contributed by atoms with Crippen LogP contribution in [0.1, 0.15) is 42.6 Å². The number of Topliss-reactive ketones (excluding diaryl/α,β-unsaturated/α-hetero) is 1. The number of rotatable bonds is 4. The molecule has 2 amide bonds. The molecular formula is C25H21Cl2F3N2O3. The Morgan fingerprint density at radius 3 is 2.31 bits per heavy atom. The highest BCUT2D eigenvalue weighted by Gasteiger charge is 2.71. The lowest BCUT2D eigenvalue weighted by Crippen LogP contribution is -2.66. The van der Waals surface area contributed by atoms with Crippen LogP contribution in [-0.4, -0.2) is 34.2 Å². The molecular weight excluding hydrogens is 504 g/mol. The van der Waals surface area contributed by atoms with Crippen LogP contribution in [0, 0.1) is 5.41 Å². The summed E-state index contributed by atoms with van der Waals surface area (Å²) in [5.74, 6) is -3.51. The molecule has 35 heavy (non-hydrogen) atoms. The van der Waals surface area contributed by atoms with Crippen molar-refractivity contribution in [2.45, 2.75) is 44.9 Å². The molecule has 1 aliphatic heterocycles. The van der Waals surface area contributed by atoms with Crippen LogP contribution in [0.3, 0.4) is 0 Å². The average molecular weight is 525 g/mol. The standard InChI is InChI=1S/C25H21Cl2F3N2O3/c1-23(2)11-18-20(19(33)12-23)24(25(28,29)30,22(35)32(18)13-14-6-4-3-5-7-14)31-21(34)16-9-8-15(26)10-17(16)27/h3-10H,11-13H2,1-2H3,(H,31,34)/t24-/m1/s1. The summed E-state index contributed by atoms with van der Waals surface area (Å²) < 4.78 is 44.6. The Hall–Kier alpha value is -2.84. The first-order valence-corrected chi connectivity index (χ1v) is 11.5. The summed E-state index contributed by atoms with van der Waals surface area (Å²) in [6.07, 6.45) is -5.45. The summed E-state index contributed by atoms with van der Waals surface area (Å²) in [5, 5.41) is 1.86. The number of nitrogens with one attached hydrogen (secondary N) is 1. The lowest BCUT2D eigenvalue weighted by Gasteiger charge is -2.35. The van der Waals surface area contributed by atoms with E-state index in [1.807, 2.05) is 5.32 Å². The largest absolute Gasteiger partial charge is 0.425 e. The van der Waals surface area contributed by atoms with E-state index in [0.717, 1.165) is 11.0 Å². The number of amides is 2. The van der Waals surface area contributed by atoms with Crippen molar-refractivity contribution in [3.8, 4) is 0 Å². The number of alkyl halides is 3. The van der Waals surface area contributed by atoms with E-state index in [1.165, 1.54) is 12.1 Å². The van der Waals surface area contributed by atoms with E-state index in [0.29, 0.717) is 5.56 Å². The lowest BCUT2D eigenvalue weighted by molar-refractivity contribution is -0.190. The molecule has 0 radical (unpaired) electrons. The van der Waals surface area contributed by atoms with E-state index >= 15 is 0 Å². The Labute approximate surface area is 209 Å². The molecule has 2 aliphatic rings. The number of hydrogen-bond donors (Lipinski definition) is 1. The van der Waals surface area contributed by atoms with Crippen molar-refractivity contribution in [2.75, 3.05) is 0 Å². The van der Waals surface area contributed by atoms with Gasteiger partial charge >= 0.3 is 6.18 Å². The van der Waals surface area contributed by atoms with Crippen LogP contribution in [0.15, 0.2) is 59.8 Å². The molecule has 1 N–H and O–H groups in total. The Kier molecular flexibility index (Phi) is 6.26.